The number of nitrogens with zero attached hydrogens (tertiary/aromatic N) is 4. The van der Waals surface area contributed by atoms with Crippen LogP contribution in [0.25, 0.3) is 11.4 Å². The molecule has 0 aliphatic carbocycles. The van der Waals surface area contributed by atoms with Crippen molar-refractivity contribution in [2.24, 2.45) is 0 Å². The summed E-state index contributed by atoms with van der Waals surface area (Å²) in [6.07, 6.45) is 1.80. The number of hydrogen-bond acceptors (Lipinski definition) is 5. The number of rotatable bonds is 8. The highest BCUT2D eigenvalue weighted by Crippen LogP contribution is 2.22. The second kappa shape index (κ2) is 10.9. The van der Waals surface area contributed by atoms with Crippen molar-refractivity contribution in [3.63, 3.8) is 0 Å². The first-order chi connectivity index (χ1) is 17.3. The molecular weight excluding hydrogens is 456 g/mol. The van der Waals surface area contributed by atoms with Crippen LogP contribution in [0.2, 0.25) is 0 Å². The number of aryl methyl sites for hydroxylation is 1. The average Bonchev–Trinajstić information content (AvgIpc) is 3.47. The molecule has 1 saturated heterocycles. The maximum absolute atomic E-state index is 13.2. The van der Waals surface area contributed by atoms with Crippen LogP contribution in [-0.4, -0.2) is 63.4 Å². The quantitative estimate of drug-likeness (QED) is 0.500. The fourth-order valence-electron chi connectivity index (χ4n) is 4.30. The van der Waals surface area contributed by atoms with E-state index >= 15 is 0 Å². The van der Waals surface area contributed by atoms with Crippen molar-refractivity contribution in [3.05, 3.63) is 65.7 Å². The third-order valence-corrected chi connectivity index (χ3v) is 6.37. The lowest BCUT2D eigenvalue weighted by Crippen LogP contribution is -2.57. The van der Waals surface area contributed by atoms with E-state index in [9.17, 15) is 9.59 Å². The molecule has 1 aliphatic rings. The minimum Gasteiger partial charge on any atom is -0.383 e. The number of carbonyl (C=O) groups is 2. The molecule has 3 aromatic rings. The van der Waals surface area contributed by atoms with E-state index in [-0.39, 0.29) is 18.0 Å². The molecule has 1 fully saturated rings. The van der Waals surface area contributed by atoms with Crippen LogP contribution in [0.4, 0.5) is 10.7 Å². The minimum atomic E-state index is -1.17. The number of amides is 3. The van der Waals surface area contributed by atoms with Crippen LogP contribution in [0.15, 0.2) is 54.6 Å². The number of nitrogens with one attached hydrogen (secondary N) is 2. The fourth-order valence-corrected chi connectivity index (χ4v) is 4.30. The maximum Gasteiger partial charge on any atom is 0.318 e. The van der Waals surface area contributed by atoms with Crippen LogP contribution in [0.3, 0.4) is 0 Å². The van der Waals surface area contributed by atoms with E-state index in [0.29, 0.717) is 25.5 Å². The Hall–Kier alpha value is -3.72. The molecule has 0 saturated carbocycles. The molecule has 9 heteroatoms. The highest BCUT2D eigenvalue weighted by atomic mass is 16.5. The average molecular weight is 491 g/mol. The summed E-state index contributed by atoms with van der Waals surface area (Å²) in [5.74, 6) is 0.438. The van der Waals surface area contributed by atoms with Crippen LogP contribution in [0.5, 0.6) is 0 Å². The van der Waals surface area contributed by atoms with Crippen molar-refractivity contribution < 1.29 is 14.3 Å². The minimum absolute atomic E-state index is 0.0151. The third kappa shape index (κ3) is 5.91. The van der Waals surface area contributed by atoms with Crippen molar-refractivity contribution in [1.82, 2.24) is 25.0 Å². The first kappa shape index (κ1) is 25.4. The molecule has 190 valence electrons. The predicted molar refractivity (Wildman–Crippen MR) is 139 cm³/mol. The van der Waals surface area contributed by atoms with Gasteiger partial charge in [0.25, 0.3) is 5.91 Å². The molecule has 9 nitrogen and oxygen atoms in total. The summed E-state index contributed by atoms with van der Waals surface area (Å²) in [4.78, 5) is 32.5. The Morgan fingerprint density at radius 3 is 2.53 bits per heavy atom. The number of ether oxygens (including phenoxy) is 1. The Balaban J connectivity index is 1.52. The number of anilines is 1. The Labute approximate surface area is 211 Å². The molecule has 36 heavy (non-hydrogen) atoms. The lowest BCUT2D eigenvalue weighted by atomic mass is 10.1. The van der Waals surface area contributed by atoms with E-state index in [1.807, 2.05) is 61.5 Å². The zero-order chi connectivity index (χ0) is 25.7. The Bertz CT molecular complexity index is 1190. The summed E-state index contributed by atoms with van der Waals surface area (Å²) < 4.78 is 7.02. The summed E-state index contributed by atoms with van der Waals surface area (Å²) in [5, 5.41) is 10.2. The summed E-state index contributed by atoms with van der Waals surface area (Å²) >= 11 is 0. The van der Waals surface area contributed by atoms with Crippen LogP contribution in [-0.2, 0) is 16.1 Å². The number of benzene rings is 2. The van der Waals surface area contributed by atoms with Crippen molar-refractivity contribution in [3.8, 4) is 11.4 Å². The van der Waals surface area contributed by atoms with E-state index in [2.05, 4.69) is 20.7 Å². The lowest BCUT2D eigenvalue weighted by molar-refractivity contribution is -0.121. The fraction of sp³-hybridized carbons (Fsp3) is 0.407. The molecule has 1 atom stereocenters. The van der Waals surface area contributed by atoms with E-state index in [1.165, 1.54) is 0 Å². The zero-order valence-electron chi connectivity index (χ0n) is 21.3. The van der Waals surface area contributed by atoms with Gasteiger partial charge in [0.05, 0.1) is 19.2 Å². The molecule has 1 aromatic heterocycles. The molecule has 2 N–H and O–H groups in total. The Morgan fingerprint density at radius 1 is 1.11 bits per heavy atom. The van der Waals surface area contributed by atoms with Gasteiger partial charge in [-0.15, -0.1) is 5.10 Å². The van der Waals surface area contributed by atoms with E-state index in [1.54, 1.807) is 30.5 Å². The number of aromatic nitrogens is 3. The molecule has 0 bridgehead atoms. The highest BCUT2D eigenvalue weighted by molar-refractivity contribution is 5.98. The number of urea groups is 1. The van der Waals surface area contributed by atoms with Gasteiger partial charge in [0.2, 0.25) is 5.95 Å². The summed E-state index contributed by atoms with van der Waals surface area (Å²) in [7, 11) is 1.63. The molecule has 0 spiro atoms. The number of methoxy groups -OCH3 is 1. The van der Waals surface area contributed by atoms with Crippen LogP contribution in [0, 0.1) is 6.92 Å². The first-order valence-corrected chi connectivity index (χ1v) is 12.2. The van der Waals surface area contributed by atoms with Crippen LogP contribution >= 0.6 is 0 Å². The molecule has 4 rings (SSSR count). The maximum atomic E-state index is 13.2. The number of likely N-dealkylation sites (tertiary alicyclic amines) is 1. The van der Waals surface area contributed by atoms with E-state index in [4.69, 9.17) is 4.74 Å². The zero-order valence-corrected chi connectivity index (χ0v) is 21.3. The Morgan fingerprint density at radius 2 is 1.83 bits per heavy atom. The van der Waals surface area contributed by atoms with Crippen molar-refractivity contribution in [2.75, 3.05) is 25.6 Å². The second-order valence-electron chi connectivity index (χ2n) is 9.72. The van der Waals surface area contributed by atoms with Gasteiger partial charge in [0, 0.05) is 19.2 Å². The van der Waals surface area contributed by atoms with Gasteiger partial charge in [-0.05, 0) is 39.2 Å². The standard InChI is InChI=1S/C27H34N6O3/c1-19-12-14-21(15-13-19)23-28-25(31-33(23)17-20-9-6-5-7-10-20)29-24(34)27(2,3)30-26(35)32-16-8-11-22(32)18-36-4/h5-7,9-10,12-15,22H,8,11,16-18H2,1-4H3,(H,30,35)(H,29,31,34)/t22-/m1/s1. The van der Waals surface area contributed by atoms with E-state index < -0.39 is 11.4 Å². The predicted octanol–water partition coefficient (Wildman–Crippen LogP) is 3.84. The van der Waals surface area contributed by atoms with Gasteiger partial charge >= 0.3 is 6.03 Å². The van der Waals surface area contributed by atoms with Gasteiger partial charge in [0.1, 0.15) is 5.54 Å². The largest absolute Gasteiger partial charge is 0.383 e. The normalized spacial score (nSPS) is 15.7. The van der Waals surface area contributed by atoms with Gasteiger partial charge in [-0.3, -0.25) is 10.1 Å². The summed E-state index contributed by atoms with van der Waals surface area (Å²) in [6.45, 7) is 6.99. The second-order valence-corrected chi connectivity index (χ2v) is 9.72. The number of hydrogen-bond donors (Lipinski definition) is 2. The molecule has 2 aromatic carbocycles. The van der Waals surface area contributed by atoms with Gasteiger partial charge in [0.15, 0.2) is 5.82 Å². The van der Waals surface area contributed by atoms with E-state index in [0.717, 1.165) is 29.5 Å². The van der Waals surface area contributed by atoms with Gasteiger partial charge in [-0.2, -0.15) is 4.98 Å². The summed E-state index contributed by atoms with van der Waals surface area (Å²) in [5.41, 5.74) is 1.93. The van der Waals surface area contributed by atoms with Crippen molar-refractivity contribution in [2.45, 2.75) is 51.7 Å². The van der Waals surface area contributed by atoms with Gasteiger partial charge in [-0.1, -0.05) is 60.2 Å². The molecule has 0 radical (unpaired) electrons. The molecular formula is C27H34N6O3. The number of carbonyl (C=O) groups excluding carboxylic acids is 2. The SMILES string of the molecule is COC[C@H]1CCCN1C(=O)NC(C)(C)C(=O)Nc1nc(-c2ccc(C)cc2)n(Cc2ccccc2)n1. The molecule has 3 amide bonds. The smallest absolute Gasteiger partial charge is 0.318 e. The molecule has 0 unspecified atom stereocenters. The van der Waals surface area contributed by atoms with Crippen molar-refractivity contribution >= 4 is 17.9 Å². The van der Waals surface area contributed by atoms with Gasteiger partial charge in [-0.25, -0.2) is 9.48 Å². The third-order valence-electron chi connectivity index (χ3n) is 6.37. The highest BCUT2D eigenvalue weighted by Gasteiger charge is 2.35. The summed E-state index contributed by atoms with van der Waals surface area (Å²) in [6, 6.07) is 17.7. The topological polar surface area (TPSA) is 101 Å². The van der Waals surface area contributed by atoms with Crippen LogP contribution < -0.4 is 10.6 Å². The van der Waals surface area contributed by atoms with Gasteiger partial charge < -0.3 is 15.0 Å². The lowest BCUT2D eigenvalue weighted by Gasteiger charge is -2.30. The van der Waals surface area contributed by atoms with Crippen LogP contribution in [0.1, 0.15) is 37.8 Å². The Kier molecular flexibility index (Phi) is 7.69. The molecule has 1 aliphatic heterocycles. The monoisotopic (exact) mass is 490 g/mol. The van der Waals surface area contributed by atoms with Crippen molar-refractivity contribution in [1.29, 1.82) is 0 Å². The molecule has 2 heterocycles. The first-order valence-electron chi connectivity index (χ1n) is 12.2.